The first-order chi connectivity index (χ1) is 7.49. The molecule has 0 aromatic carbocycles. The summed E-state index contributed by atoms with van der Waals surface area (Å²) in [5, 5.41) is 10.4. The third-order valence-electron chi connectivity index (χ3n) is 2.49. The first-order valence-corrected chi connectivity index (χ1v) is 5.89. The molecule has 0 saturated heterocycles. The molecule has 0 saturated carbocycles. The Kier molecular flexibility index (Phi) is 5.27. The Morgan fingerprint density at radius 2 is 1.59 bits per heavy atom. The van der Waals surface area contributed by atoms with Crippen molar-refractivity contribution in [3.8, 4) is 0 Å². The van der Waals surface area contributed by atoms with Crippen LogP contribution in [0.5, 0.6) is 0 Å². The second-order valence-corrected chi connectivity index (χ2v) is 5.98. The van der Waals surface area contributed by atoms with Gasteiger partial charge in [-0.05, 0) is 20.8 Å². The summed E-state index contributed by atoms with van der Waals surface area (Å²) >= 11 is 0. The topological polar surface area (TPSA) is 54.4 Å². The highest BCUT2D eigenvalue weighted by molar-refractivity contribution is 5.95. The highest BCUT2D eigenvalue weighted by atomic mass is 16.3. The zero-order chi connectivity index (χ0) is 13.9. The van der Waals surface area contributed by atoms with Gasteiger partial charge in [0.05, 0.1) is 0 Å². The van der Waals surface area contributed by atoms with Crippen LogP contribution in [0.15, 0.2) is 11.6 Å². The van der Waals surface area contributed by atoms with Crippen LogP contribution in [0.3, 0.4) is 0 Å². The second-order valence-electron chi connectivity index (χ2n) is 5.98. The predicted molar refractivity (Wildman–Crippen MR) is 68.8 cm³/mol. The van der Waals surface area contributed by atoms with Crippen molar-refractivity contribution in [1.82, 2.24) is 0 Å². The van der Waals surface area contributed by atoms with Gasteiger partial charge in [-0.15, -0.1) is 0 Å². The van der Waals surface area contributed by atoms with Crippen molar-refractivity contribution in [2.75, 3.05) is 0 Å². The average molecular weight is 240 g/mol. The van der Waals surface area contributed by atoms with Crippen LogP contribution >= 0.6 is 0 Å². The molecular weight excluding hydrogens is 216 g/mol. The lowest BCUT2D eigenvalue weighted by molar-refractivity contribution is -0.149. The van der Waals surface area contributed by atoms with Gasteiger partial charge in [-0.2, -0.15) is 0 Å². The molecule has 0 radical (unpaired) electrons. The molecule has 0 spiro atoms. The van der Waals surface area contributed by atoms with Gasteiger partial charge in [-0.25, -0.2) is 0 Å². The first-order valence-electron chi connectivity index (χ1n) is 5.89. The molecule has 0 heterocycles. The van der Waals surface area contributed by atoms with Gasteiger partial charge < -0.3 is 5.11 Å². The van der Waals surface area contributed by atoms with Crippen LogP contribution in [0.4, 0.5) is 0 Å². The maximum Gasteiger partial charge on any atom is 0.170 e. The lowest BCUT2D eigenvalue weighted by atomic mass is 9.76. The molecule has 0 aliphatic rings. The minimum Gasteiger partial charge on any atom is -0.381 e. The van der Waals surface area contributed by atoms with E-state index in [4.69, 9.17) is 0 Å². The fourth-order valence-corrected chi connectivity index (χ4v) is 1.73. The molecule has 0 aliphatic carbocycles. The molecule has 0 rings (SSSR count). The van der Waals surface area contributed by atoms with Gasteiger partial charge in [-0.3, -0.25) is 9.59 Å². The molecule has 98 valence electrons. The molecule has 3 heteroatoms. The molecule has 0 aromatic rings. The number of ketones is 2. The molecule has 0 aromatic heterocycles. The number of Topliss-reactive ketones (excluding diaryl/α,β-unsaturated/α-hetero) is 2. The van der Waals surface area contributed by atoms with E-state index in [1.165, 1.54) is 6.92 Å². The van der Waals surface area contributed by atoms with Crippen molar-refractivity contribution in [2.45, 2.75) is 60.0 Å². The molecule has 1 atom stereocenters. The number of rotatable bonds is 5. The Bertz CT molecular complexity index is 330. The summed E-state index contributed by atoms with van der Waals surface area (Å²) in [6, 6.07) is 0. The third-order valence-corrected chi connectivity index (χ3v) is 2.49. The summed E-state index contributed by atoms with van der Waals surface area (Å²) < 4.78 is 0. The van der Waals surface area contributed by atoms with Crippen molar-refractivity contribution >= 4 is 11.6 Å². The highest BCUT2D eigenvalue weighted by Gasteiger charge is 2.42. The molecule has 0 bridgehead atoms. The summed E-state index contributed by atoms with van der Waals surface area (Å²) in [5.74, 6) is -0.454. The average Bonchev–Trinajstić information content (AvgIpc) is 2.11. The third kappa shape index (κ3) is 5.26. The number of hydrogen-bond donors (Lipinski definition) is 1. The Morgan fingerprint density at radius 1 is 1.12 bits per heavy atom. The standard InChI is InChI=1S/C14H24O3/c1-10(2)7-8-14(17,9-11(3)15)12(16)13(4,5)6/h7,17H,8-9H2,1-6H3. The number of carbonyl (C=O) groups excluding carboxylic acids is 2. The van der Waals surface area contributed by atoms with Crippen molar-refractivity contribution in [1.29, 1.82) is 0 Å². The van der Waals surface area contributed by atoms with E-state index in [0.29, 0.717) is 0 Å². The van der Waals surface area contributed by atoms with E-state index >= 15 is 0 Å². The van der Waals surface area contributed by atoms with Crippen LogP contribution in [0.1, 0.15) is 54.4 Å². The predicted octanol–water partition coefficient (Wildman–Crippen LogP) is 2.67. The van der Waals surface area contributed by atoms with Gasteiger partial charge in [0, 0.05) is 18.3 Å². The van der Waals surface area contributed by atoms with Gasteiger partial charge in [0.25, 0.3) is 0 Å². The van der Waals surface area contributed by atoms with Gasteiger partial charge in [-0.1, -0.05) is 32.4 Å². The summed E-state index contributed by atoms with van der Waals surface area (Å²) in [6.45, 7) is 10.4. The van der Waals surface area contributed by atoms with E-state index in [2.05, 4.69) is 0 Å². The highest BCUT2D eigenvalue weighted by Crippen LogP contribution is 2.29. The monoisotopic (exact) mass is 240 g/mol. The van der Waals surface area contributed by atoms with Crippen molar-refractivity contribution < 1.29 is 14.7 Å². The smallest absolute Gasteiger partial charge is 0.170 e. The molecule has 0 amide bonds. The van der Waals surface area contributed by atoms with Crippen LogP contribution < -0.4 is 0 Å². The lowest BCUT2D eigenvalue weighted by Crippen LogP contribution is -2.46. The van der Waals surface area contributed by atoms with E-state index < -0.39 is 11.0 Å². The first kappa shape index (κ1) is 16.0. The molecule has 0 fully saturated rings. The van der Waals surface area contributed by atoms with Crippen LogP contribution in [0.2, 0.25) is 0 Å². The Hall–Kier alpha value is -0.960. The number of allylic oxidation sites excluding steroid dienone is 1. The summed E-state index contributed by atoms with van der Waals surface area (Å²) in [6.07, 6.45) is 1.88. The Balaban J connectivity index is 5.17. The van der Waals surface area contributed by atoms with Crippen LogP contribution in [-0.2, 0) is 9.59 Å². The van der Waals surface area contributed by atoms with E-state index in [0.717, 1.165) is 5.57 Å². The van der Waals surface area contributed by atoms with Gasteiger partial charge in [0.2, 0.25) is 0 Å². The Labute approximate surface area is 104 Å². The Morgan fingerprint density at radius 3 is 1.88 bits per heavy atom. The fraction of sp³-hybridized carbons (Fsp3) is 0.714. The van der Waals surface area contributed by atoms with Crippen LogP contribution in [0.25, 0.3) is 0 Å². The van der Waals surface area contributed by atoms with Crippen molar-refractivity contribution in [3.05, 3.63) is 11.6 Å². The maximum atomic E-state index is 12.2. The fourth-order valence-electron chi connectivity index (χ4n) is 1.73. The molecule has 17 heavy (non-hydrogen) atoms. The van der Waals surface area contributed by atoms with E-state index in [1.807, 2.05) is 13.8 Å². The zero-order valence-electron chi connectivity index (χ0n) is 11.8. The number of hydrogen-bond acceptors (Lipinski definition) is 3. The summed E-state index contributed by atoms with van der Waals surface area (Å²) in [4.78, 5) is 23.4. The van der Waals surface area contributed by atoms with E-state index in [-0.39, 0.29) is 24.4 Å². The van der Waals surface area contributed by atoms with Crippen LogP contribution in [-0.4, -0.2) is 22.3 Å². The number of carbonyl (C=O) groups is 2. The van der Waals surface area contributed by atoms with Gasteiger partial charge >= 0.3 is 0 Å². The summed E-state index contributed by atoms with van der Waals surface area (Å²) in [7, 11) is 0. The zero-order valence-corrected chi connectivity index (χ0v) is 11.8. The van der Waals surface area contributed by atoms with Crippen LogP contribution in [0, 0.1) is 5.41 Å². The van der Waals surface area contributed by atoms with E-state index in [1.54, 1.807) is 26.8 Å². The normalized spacial score (nSPS) is 15.0. The van der Waals surface area contributed by atoms with Gasteiger partial charge in [0.1, 0.15) is 11.4 Å². The number of aliphatic hydroxyl groups is 1. The SMILES string of the molecule is CC(=O)CC(O)(CC=C(C)C)C(=O)C(C)(C)C. The minimum atomic E-state index is -1.57. The van der Waals surface area contributed by atoms with E-state index in [9.17, 15) is 14.7 Å². The van der Waals surface area contributed by atoms with Gasteiger partial charge in [0.15, 0.2) is 5.78 Å². The minimum absolute atomic E-state index is 0.118. The molecular formula is C14H24O3. The lowest BCUT2D eigenvalue weighted by Gasteiger charge is -2.31. The van der Waals surface area contributed by atoms with Crippen molar-refractivity contribution in [2.24, 2.45) is 5.41 Å². The summed E-state index contributed by atoms with van der Waals surface area (Å²) in [5.41, 5.74) is -1.20. The largest absolute Gasteiger partial charge is 0.381 e. The molecule has 3 nitrogen and oxygen atoms in total. The van der Waals surface area contributed by atoms with Crippen molar-refractivity contribution in [3.63, 3.8) is 0 Å². The molecule has 1 N–H and O–H groups in total. The molecule has 0 aliphatic heterocycles. The quantitative estimate of drug-likeness (QED) is 0.752. The second kappa shape index (κ2) is 5.58. The molecule has 1 unspecified atom stereocenters. The maximum absolute atomic E-state index is 12.2.